The van der Waals surface area contributed by atoms with Gasteiger partial charge in [0.1, 0.15) is 31.8 Å². The Balaban J connectivity index is 0. The highest BCUT2D eigenvalue weighted by molar-refractivity contribution is 8.17. The predicted octanol–water partition coefficient (Wildman–Crippen LogP) is 4.38. The lowest BCUT2D eigenvalue weighted by Gasteiger charge is -2.31. The van der Waals surface area contributed by atoms with Gasteiger partial charge in [0.2, 0.25) is 0 Å². The number of carbonyl (C=O) groups is 4. The summed E-state index contributed by atoms with van der Waals surface area (Å²) in [5.41, 5.74) is -1.25. The molecule has 0 atom stereocenters. The maximum atomic E-state index is 11.8. The molecule has 0 unspecified atom stereocenters. The van der Waals surface area contributed by atoms with Gasteiger partial charge in [0.05, 0.1) is 30.3 Å². The van der Waals surface area contributed by atoms with Crippen molar-refractivity contribution in [3.63, 3.8) is 0 Å². The molecule has 0 aliphatic heterocycles. The van der Waals surface area contributed by atoms with Gasteiger partial charge >= 0.3 is 23.9 Å². The summed E-state index contributed by atoms with van der Waals surface area (Å²) in [5, 5.41) is 0. The van der Waals surface area contributed by atoms with E-state index in [0.717, 1.165) is 28.8 Å². The van der Waals surface area contributed by atoms with E-state index in [1.165, 1.54) is 6.42 Å². The van der Waals surface area contributed by atoms with Crippen LogP contribution in [0.3, 0.4) is 0 Å². The lowest BCUT2D eigenvalue weighted by molar-refractivity contribution is -0.170. The molecule has 8 nitrogen and oxygen atoms in total. The molecular weight excluding hydrogens is 705 g/mol. The maximum Gasteiger partial charge on any atom is 0.306 e. The van der Waals surface area contributed by atoms with Crippen molar-refractivity contribution in [1.82, 2.24) is 0 Å². The Morgan fingerprint density at radius 3 is 1.00 bits per heavy atom. The van der Waals surface area contributed by atoms with Crippen molar-refractivity contribution in [3.8, 4) is 0 Å². The van der Waals surface area contributed by atoms with Crippen molar-refractivity contribution in [3.05, 3.63) is 0 Å². The third kappa shape index (κ3) is 27.1. The predicted molar refractivity (Wildman–Crippen MR) is 195 cm³/mol. The molecule has 0 fully saturated rings. The Kier molecular flexibility index (Phi) is 33.4. The van der Waals surface area contributed by atoms with E-state index < -0.39 is 29.3 Å². The van der Waals surface area contributed by atoms with Gasteiger partial charge in [-0.05, 0) is 23.7 Å². The van der Waals surface area contributed by atoms with Crippen LogP contribution >= 0.6 is 112 Å². The summed E-state index contributed by atoms with van der Waals surface area (Å²) in [7, 11) is 0. The van der Waals surface area contributed by atoms with E-state index in [9.17, 15) is 19.2 Å². The van der Waals surface area contributed by atoms with Gasteiger partial charge in [-0.1, -0.05) is 0 Å². The molecule has 0 N–H and O–H groups in total. The molecule has 0 aromatic carbocycles. The van der Waals surface area contributed by atoms with Crippen LogP contribution in [-0.2, 0) is 38.1 Å². The summed E-state index contributed by atoms with van der Waals surface area (Å²) >= 11 is 32.5. The fourth-order valence-electron chi connectivity index (χ4n) is 2.53. The van der Waals surface area contributed by atoms with Crippen LogP contribution in [0.4, 0.5) is 0 Å². The normalized spacial score (nSPS) is 10.9. The minimum atomic E-state index is -1.25. The van der Waals surface area contributed by atoms with Crippen molar-refractivity contribution in [2.24, 2.45) is 5.41 Å². The van der Waals surface area contributed by atoms with Gasteiger partial charge < -0.3 is 18.9 Å². The molecule has 0 aromatic heterocycles. The van der Waals surface area contributed by atoms with Gasteiger partial charge in [0.15, 0.2) is 0 Å². The SMILES string of the molecule is O=C(CCS)OCC(COC(=O)CCS)(COC(=O)CCS)COC(=O)CCS.SCCSC(CCS)SCCS. The molecule has 41 heavy (non-hydrogen) atoms. The number of thioether (sulfide) groups is 2. The molecule has 0 radical (unpaired) electrons. The molecule has 0 aromatic rings. The third-order valence-corrected chi connectivity index (χ3v) is 9.69. The van der Waals surface area contributed by atoms with Crippen molar-refractivity contribution in [2.45, 2.75) is 36.7 Å². The number of rotatable bonds is 24. The Hall–Kier alpha value is 1.03. The summed E-state index contributed by atoms with van der Waals surface area (Å²) in [5.74, 6) is 4.21. The second-order valence-corrected chi connectivity index (χ2v) is 14.2. The summed E-state index contributed by atoms with van der Waals surface area (Å²) in [6.07, 6.45) is 1.45. The molecule has 0 heterocycles. The smallest absolute Gasteiger partial charge is 0.306 e. The van der Waals surface area contributed by atoms with Crippen molar-refractivity contribution >= 4 is 136 Å². The Bertz CT molecular complexity index is 603. The highest BCUT2D eigenvalue weighted by atomic mass is 32.2. The summed E-state index contributed by atoms with van der Waals surface area (Å²) in [6, 6.07) is 0. The van der Waals surface area contributed by atoms with Crippen LogP contribution < -0.4 is 0 Å². The van der Waals surface area contributed by atoms with E-state index in [2.05, 4.69) is 88.4 Å². The number of carbonyl (C=O) groups excluding carboxylic acids is 4. The fraction of sp³-hybridized carbons (Fsp3) is 0.833. The van der Waals surface area contributed by atoms with E-state index in [-0.39, 0.29) is 75.1 Å². The first-order valence-corrected chi connectivity index (χ1v) is 19.3. The Morgan fingerprint density at radius 2 is 0.780 bits per heavy atom. The summed E-state index contributed by atoms with van der Waals surface area (Å²) in [4.78, 5) is 47.1. The summed E-state index contributed by atoms with van der Waals surface area (Å²) < 4.78 is 21.6. The van der Waals surface area contributed by atoms with Crippen molar-refractivity contribution in [2.75, 3.05) is 78.2 Å². The molecule has 0 spiro atoms. The Labute approximate surface area is 292 Å². The highest BCUT2D eigenvalue weighted by Gasteiger charge is 2.37. The first-order chi connectivity index (χ1) is 19.7. The lowest BCUT2D eigenvalue weighted by atomic mass is 9.92. The van der Waals surface area contributed by atoms with Crippen LogP contribution in [0.25, 0.3) is 0 Å². The van der Waals surface area contributed by atoms with E-state index in [1.807, 2.05) is 23.5 Å². The average molecular weight is 749 g/mol. The molecule has 0 saturated heterocycles. The molecule has 17 heteroatoms. The van der Waals surface area contributed by atoms with E-state index in [4.69, 9.17) is 18.9 Å². The van der Waals surface area contributed by atoms with Crippen molar-refractivity contribution < 1.29 is 38.1 Å². The molecule has 0 amide bonds. The van der Waals surface area contributed by atoms with Crippen LogP contribution in [-0.4, -0.2) is 107 Å². The van der Waals surface area contributed by atoms with Gasteiger partial charge in [0, 0.05) is 34.5 Å². The van der Waals surface area contributed by atoms with Gasteiger partial charge in [-0.3, -0.25) is 19.2 Å². The van der Waals surface area contributed by atoms with Gasteiger partial charge in [-0.15, -0.1) is 23.5 Å². The standard InChI is InChI=1S/C17H28O8S4.C7H16S5/c18-13(1-5-26)22-9-17(10-23-14(19)2-6-27,11-24-15(20)3-7-28)12-25-16(21)4-8-29;8-2-1-7(11-5-3-9)12-6-4-10/h26-29H,1-12H2;7-10H,1-6H2. The van der Waals surface area contributed by atoms with E-state index in [1.54, 1.807) is 0 Å². The van der Waals surface area contributed by atoms with E-state index >= 15 is 0 Å². The second kappa shape index (κ2) is 31.0. The number of hydrogen-bond donors (Lipinski definition) is 7. The second-order valence-electron chi connectivity index (χ2n) is 8.17. The highest BCUT2D eigenvalue weighted by Crippen LogP contribution is 2.27. The fourth-order valence-corrected chi connectivity index (χ4v) is 6.76. The number of ether oxygens (including phenoxy) is 4. The molecule has 0 aliphatic carbocycles. The van der Waals surface area contributed by atoms with Crippen LogP contribution in [0.2, 0.25) is 0 Å². The monoisotopic (exact) mass is 748 g/mol. The number of hydrogen-bond acceptors (Lipinski definition) is 17. The van der Waals surface area contributed by atoms with Gasteiger partial charge in [-0.25, -0.2) is 0 Å². The molecule has 0 aliphatic rings. The maximum absolute atomic E-state index is 11.8. The van der Waals surface area contributed by atoms with Crippen LogP contribution in [0.5, 0.6) is 0 Å². The topological polar surface area (TPSA) is 105 Å². The minimum Gasteiger partial charge on any atom is -0.465 e. The molecular formula is C24H44O8S9. The third-order valence-electron chi connectivity index (χ3n) is 4.58. The van der Waals surface area contributed by atoms with Crippen LogP contribution in [0.15, 0.2) is 0 Å². The lowest BCUT2D eigenvalue weighted by Crippen LogP contribution is -2.44. The summed E-state index contributed by atoms with van der Waals surface area (Å²) in [6.45, 7) is -1.13. The number of esters is 4. The van der Waals surface area contributed by atoms with Gasteiger partial charge in [-0.2, -0.15) is 88.4 Å². The van der Waals surface area contributed by atoms with Gasteiger partial charge in [0.25, 0.3) is 0 Å². The minimum absolute atomic E-state index is 0.0670. The van der Waals surface area contributed by atoms with Crippen LogP contribution in [0, 0.1) is 5.41 Å². The average Bonchev–Trinajstić information content (AvgIpc) is 2.95. The first kappa shape index (κ1) is 44.2. The molecule has 242 valence electrons. The molecule has 0 rings (SSSR count). The molecule has 0 bridgehead atoms. The number of thiol groups is 7. The van der Waals surface area contributed by atoms with E-state index in [0.29, 0.717) is 4.58 Å². The van der Waals surface area contributed by atoms with Crippen molar-refractivity contribution in [1.29, 1.82) is 0 Å². The molecule has 0 saturated carbocycles. The van der Waals surface area contributed by atoms with Crippen LogP contribution in [0.1, 0.15) is 32.1 Å². The largest absolute Gasteiger partial charge is 0.465 e. The first-order valence-electron chi connectivity index (χ1n) is 12.8. The Morgan fingerprint density at radius 1 is 0.488 bits per heavy atom. The quantitative estimate of drug-likeness (QED) is 0.0333. The zero-order valence-electron chi connectivity index (χ0n) is 23.0. The zero-order valence-corrected chi connectivity index (χ0v) is 30.9. The zero-order chi connectivity index (χ0) is 31.4.